The third-order valence-electron chi connectivity index (χ3n) is 2.74. The lowest BCUT2D eigenvalue weighted by molar-refractivity contribution is -0.137. The summed E-state index contributed by atoms with van der Waals surface area (Å²) in [6.45, 7) is 2.13. The second kappa shape index (κ2) is 5.96. The van der Waals surface area contributed by atoms with Crippen LogP contribution in [0.2, 0.25) is 0 Å². The molecule has 21 heavy (non-hydrogen) atoms. The Bertz CT molecular complexity index is 610. The van der Waals surface area contributed by atoms with Crippen LogP contribution in [0.5, 0.6) is 0 Å². The minimum Gasteiger partial charge on any atom is -0.366 e. The summed E-state index contributed by atoms with van der Waals surface area (Å²) in [4.78, 5) is 8.12. The Labute approximate surface area is 119 Å². The summed E-state index contributed by atoms with van der Waals surface area (Å²) in [6, 6.07) is 6.66. The van der Waals surface area contributed by atoms with Crippen molar-refractivity contribution < 1.29 is 13.2 Å². The van der Waals surface area contributed by atoms with Crippen molar-refractivity contribution in [2.24, 2.45) is 5.84 Å². The zero-order valence-corrected chi connectivity index (χ0v) is 11.2. The molecule has 4 N–H and O–H groups in total. The van der Waals surface area contributed by atoms with Crippen LogP contribution in [0.3, 0.4) is 0 Å². The average Bonchev–Trinajstić information content (AvgIpc) is 2.44. The molecule has 0 saturated heterocycles. The molecule has 1 heterocycles. The van der Waals surface area contributed by atoms with Crippen molar-refractivity contribution in [2.45, 2.75) is 19.6 Å². The Balaban J connectivity index is 2.05. The topological polar surface area (TPSA) is 75.9 Å². The zero-order valence-electron chi connectivity index (χ0n) is 11.2. The third-order valence-corrected chi connectivity index (χ3v) is 2.74. The van der Waals surface area contributed by atoms with Gasteiger partial charge in [0.15, 0.2) is 0 Å². The highest BCUT2D eigenvalue weighted by molar-refractivity contribution is 5.42. The largest absolute Gasteiger partial charge is 0.416 e. The van der Waals surface area contributed by atoms with Gasteiger partial charge < -0.3 is 5.32 Å². The molecule has 2 aromatic rings. The van der Waals surface area contributed by atoms with Crippen LogP contribution in [0.25, 0.3) is 0 Å². The van der Waals surface area contributed by atoms with Gasteiger partial charge in [0.25, 0.3) is 0 Å². The van der Waals surface area contributed by atoms with Crippen molar-refractivity contribution in [2.75, 3.05) is 10.7 Å². The molecule has 0 saturated carbocycles. The highest BCUT2D eigenvalue weighted by Crippen LogP contribution is 2.29. The van der Waals surface area contributed by atoms with Crippen molar-refractivity contribution in [1.29, 1.82) is 0 Å². The van der Waals surface area contributed by atoms with Crippen molar-refractivity contribution in [3.05, 3.63) is 47.2 Å². The van der Waals surface area contributed by atoms with Crippen LogP contribution >= 0.6 is 0 Å². The van der Waals surface area contributed by atoms with E-state index in [4.69, 9.17) is 5.84 Å². The van der Waals surface area contributed by atoms with Crippen molar-refractivity contribution in [3.8, 4) is 0 Å². The number of hydrogen-bond acceptors (Lipinski definition) is 5. The molecular formula is C13H14F3N5. The van der Waals surface area contributed by atoms with Gasteiger partial charge in [-0.2, -0.15) is 18.2 Å². The van der Waals surface area contributed by atoms with Gasteiger partial charge in [-0.25, -0.2) is 10.8 Å². The van der Waals surface area contributed by atoms with E-state index in [0.29, 0.717) is 23.6 Å². The van der Waals surface area contributed by atoms with E-state index in [1.807, 2.05) is 0 Å². The molecule has 0 radical (unpaired) electrons. The molecular weight excluding hydrogens is 283 g/mol. The van der Waals surface area contributed by atoms with Gasteiger partial charge >= 0.3 is 6.18 Å². The van der Waals surface area contributed by atoms with Crippen LogP contribution in [0, 0.1) is 6.92 Å². The van der Waals surface area contributed by atoms with E-state index in [9.17, 15) is 13.2 Å². The number of nitrogens with zero attached hydrogens (tertiary/aromatic N) is 2. The number of alkyl halides is 3. The van der Waals surface area contributed by atoms with Crippen LogP contribution in [0.15, 0.2) is 30.3 Å². The highest BCUT2D eigenvalue weighted by atomic mass is 19.4. The summed E-state index contributed by atoms with van der Waals surface area (Å²) in [7, 11) is 0. The van der Waals surface area contributed by atoms with Crippen molar-refractivity contribution >= 4 is 11.8 Å². The SMILES string of the molecule is Cc1cc(NCc2ccc(C(F)(F)F)cc2)nc(NN)n1. The summed E-state index contributed by atoms with van der Waals surface area (Å²) in [5.41, 5.74) is 3.10. The first-order valence-corrected chi connectivity index (χ1v) is 6.11. The van der Waals surface area contributed by atoms with E-state index in [1.165, 1.54) is 12.1 Å². The van der Waals surface area contributed by atoms with Crippen LogP contribution in [0.4, 0.5) is 24.9 Å². The number of hydrogen-bond donors (Lipinski definition) is 3. The van der Waals surface area contributed by atoms with Gasteiger partial charge in [-0.3, -0.25) is 5.43 Å². The van der Waals surface area contributed by atoms with Gasteiger partial charge in [-0.1, -0.05) is 12.1 Å². The molecule has 0 unspecified atom stereocenters. The number of aryl methyl sites for hydroxylation is 1. The molecule has 112 valence electrons. The lowest BCUT2D eigenvalue weighted by atomic mass is 10.1. The molecule has 0 bridgehead atoms. The molecule has 1 aromatic heterocycles. The normalized spacial score (nSPS) is 11.3. The van der Waals surface area contributed by atoms with Gasteiger partial charge in [0, 0.05) is 18.3 Å². The van der Waals surface area contributed by atoms with Gasteiger partial charge in [0.05, 0.1) is 5.56 Å². The van der Waals surface area contributed by atoms with E-state index in [-0.39, 0.29) is 5.95 Å². The number of halogens is 3. The van der Waals surface area contributed by atoms with Gasteiger partial charge in [-0.05, 0) is 24.6 Å². The summed E-state index contributed by atoms with van der Waals surface area (Å²) in [5.74, 6) is 6.05. The first-order valence-electron chi connectivity index (χ1n) is 6.11. The minimum atomic E-state index is -4.32. The first kappa shape index (κ1) is 15.0. The van der Waals surface area contributed by atoms with E-state index >= 15 is 0 Å². The fraction of sp³-hybridized carbons (Fsp3) is 0.231. The van der Waals surface area contributed by atoms with Crippen molar-refractivity contribution in [1.82, 2.24) is 9.97 Å². The predicted octanol–water partition coefficient (Wildman–Crippen LogP) is 2.70. The number of nitrogens with one attached hydrogen (secondary N) is 2. The van der Waals surface area contributed by atoms with Crippen LogP contribution in [-0.2, 0) is 12.7 Å². The second-order valence-corrected chi connectivity index (χ2v) is 4.41. The maximum Gasteiger partial charge on any atom is 0.416 e. The van der Waals surface area contributed by atoms with E-state index in [1.54, 1.807) is 13.0 Å². The van der Waals surface area contributed by atoms with Gasteiger partial charge in [0.2, 0.25) is 5.95 Å². The molecule has 0 amide bonds. The summed E-state index contributed by atoms with van der Waals surface area (Å²) in [5, 5.41) is 3.01. The summed E-state index contributed by atoms with van der Waals surface area (Å²) >= 11 is 0. The molecule has 0 spiro atoms. The number of aromatic nitrogens is 2. The number of benzene rings is 1. The summed E-state index contributed by atoms with van der Waals surface area (Å²) in [6.07, 6.45) is -4.32. The number of rotatable bonds is 4. The van der Waals surface area contributed by atoms with Crippen LogP contribution < -0.4 is 16.6 Å². The first-order chi connectivity index (χ1) is 9.88. The number of nitrogens with two attached hydrogens (primary N) is 1. The quantitative estimate of drug-likeness (QED) is 0.597. The Hall–Kier alpha value is -2.35. The molecule has 5 nitrogen and oxygen atoms in total. The molecule has 8 heteroatoms. The summed E-state index contributed by atoms with van der Waals surface area (Å²) < 4.78 is 37.3. The standard InChI is InChI=1S/C13H14F3N5/c1-8-6-11(20-12(19-8)21-17)18-7-9-2-4-10(5-3-9)13(14,15)16/h2-6H,7,17H2,1H3,(H2,18,19,20,21). The molecule has 2 rings (SSSR count). The lowest BCUT2D eigenvalue weighted by Gasteiger charge is -2.10. The van der Waals surface area contributed by atoms with Gasteiger partial charge in [-0.15, -0.1) is 0 Å². The molecule has 0 aliphatic heterocycles. The number of anilines is 2. The Morgan fingerprint density at radius 3 is 2.38 bits per heavy atom. The van der Waals surface area contributed by atoms with Crippen molar-refractivity contribution in [3.63, 3.8) is 0 Å². The highest BCUT2D eigenvalue weighted by Gasteiger charge is 2.29. The fourth-order valence-corrected chi connectivity index (χ4v) is 1.73. The molecule has 0 aliphatic carbocycles. The number of nitrogen functional groups attached to an aromatic ring is 1. The molecule has 1 aromatic carbocycles. The maximum atomic E-state index is 12.4. The molecule has 0 aliphatic rings. The Morgan fingerprint density at radius 1 is 1.14 bits per heavy atom. The lowest BCUT2D eigenvalue weighted by Crippen LogP contribution is -2.12. The minimum absolute atomic E-state index is 0.268. The fourth-order valence-electron chi connectivity index (χ4n) is 1.73. The average molecular weight is 297 g/mol. The number of hydrazine groups is 1. The molecule has 0 fully saturated rings. The van der Waals surface area contributed by atoms with Crippen LogP contribution in [-0.4, -0.2) is 9.97 Å². The van der Waals surface area contributed by atoms with E-state index < -0.39 is 11.7 Å². The predicted molar refractivity (Wildman–Crippen MR) is 73.3 cm³/mol. The van der Waals surface area contributed by atoms with Crippen LogP contribution in [0.1, 0.15) is 16.8 Å². The smallest absolute Gasteiger partial charge is 0.366 e. The third kappa shape index (κ3) is 4.06. The second-order valence-electron chi connectivity index (χ2n) is 4.41. The Morgan fingerprint density at radius 2 is 1.81 bits per heavy atom. The van der Waals surface area contributed by atoms with Gasteiger partial charge in [0.1, 0.15) is 5.82 Å². The van der Waals surface area contributed by atoms with E-state index in [2.05, 4.69) is 20.7 Å². The van der Waals surface area contributed by atoms with E-state index in [0.717, 1.165) is 12.1 Å². The Kier molecular flexibility index (Phi) is 4.27. The zero-order chi connectivity index (χ0) is 15.5. The maximum absolute atomic E-state index is 12.4. The molecule has 0 atom stereocenters. The monoisotopic (exact) mass is 297 g/mol.